The number of rotatable bonds is 9. The van der Waals surface area contributed by atoms with Crippen LogP contribution in [0.2, 0.25) is 0 Å². The summed E-state index contributed by atoms with van der Waals surface area (Å²) in [5.74, 6) is 0.286. The molecule has 0 atom stereocenters. The molecule has 1 N–H and O–H groups in total. The zero-order valence-corrected chi connectivity index (χ0v) is 34.8. The van der Waals surface area contributed by atoms with Crippen molar-refractivity contribution < 1.29 is 30.0 Å². The molecule has 4 aromatic heterocycles. The van der Waals surface area contributed by atoms with Crippen molar-refractivity contribution in [3.05, 3.63) is 95.7 Å². The maximum atomic E-state index is 12.2. The van der Waals surface area contributed by atoms with Crippen LogP contribution in [0, 0.1) is 16.9 Å². The standard InChI is InChI=1S/C28H21N2S2.C15H28O2.Ir/c1-28(2,3)22-15-20(14-18-6-4-5-7-21(18)22)25-26-19(10-12-29-25)16-24(32-26)23-9-8-17-11-13-31-27(17)30-23;1-7-14(5,8-2)12(16)11-13(17)15(6,9-3)10-4;/h4-13,15-16H,1-3H3;11,16H,7-10H2,1-6H3;/q-1;;/b;12-11-;. The van der Waals surface area contributed by atoms with E-state index in [2.05, 4.69) is 92.9 Å². The van der Waals surface area contributed by atoms with E-state index in [0.29, 0.717) is 0 Å². The number of aromatic nitrogens is 2. The number of hydrogen-bond acceptors (Lipinski definition) is 6. The Morgan fingerprint density at radius 2 is 1.54 bits per heavy atom. The Morgan fingerprint density at radius 1 is 0.860 bits per heavy atom. The Hall–Kier alpha value is -3.22. The number of aliphatic hydroxyl groups is 1. The van der Waals surface area contributed by atoms with E-state index in [9.17, 15) is 9.90 Å². The Labute approximate surface area is 319 Å². The molecule has 2 aromatic carbocycles. The minimum Gasteiger partial charge on any atom is -0.512 e. The van der Waals surface area contributed by atoms with E-state index in [4.69, 9.17) is 9.97 Å². The predicted octanol–water partition coefficient (Wildman–Crippen LogP) is 13.1. The van der Waals surface area contributed by atoms with E-state index in [1.807, 2.05) is 47.7 Å². The molecule has 0 unspecified atom stereocenters. The van der Waals surface area contributed by atoms with Gasteiger partial charge in [0.15, 0.2) is 5.78 Å². The van der Waals surface area contributed by atoms with Crippen LogP contribution in [0.4, 0.5) is 0 Å². The van der Waals surface area contributed by atoms with Gasteiger partial charge in [0.2, 0.25) is 0 Å². The van der Waals surface area contributed by atoms with Gasteiger partial charge in [-0.25, -0.2) is 4.98 Å². The molecular weight excluding hydrogens is 833 g/mol. The fourth-order valence-electron chi connectivity index (χ4n) is 5.93. The number of carbonyl (C=O) groups is 1. The molecule has 1 radical (unpaired) electrons. The SMILES string of the molecule is CC(C)(C)c1cc(-c2nccc3cc(-c4ccc5ccsc5n4)sc23)[c-]c2ccccc12.CCC(C)(CC)C(=O)/C=C(\O)C(C)(CC)CC.[Ir]. The number of benzene rings is 2. The second kappa shape index (κ2) is 16.0. The third-order valence-corrected chi connectivity index (χ3v) is 12.4. The van der Waals surface area contributed by atoms with Gasteiger partial charge in [-0.2, -0.15) is 0 Å². The largest absolute Gasteiger partial charge is 0.512 e. The van der Waals surface area contributed by atoms with Crippen LogP contribution in [0.15, 0.2) is 84.1 Å². The van der Waals surface area contributed by atoms with E-state index in [0.717, 1.165) is 52.9 Å². The molecule has 0 aliphatic heterocycles. The molecule has 0 aliphatic carbocycles. The van der Waals surface area contributed by atoms with Gasteiger partial charge in [-0.3, -0.25) is 9.78 Å². The van der Waals surface area contributed by atoms with Crippen LogP contribution in [-0.2, 0) is 30.3 Å². The molecule has 6 rings (SSSR count). The van der Waals surface area contributed by atoms with E-state index in [1.54, 1.807) is 22.7 Å². The minimum absolute atomic E-state index is 0. The number of allylic oxidation sites excluding steroid dienone is 2. The van der Waals surface area contributed by atoms with Crippen molar-refractivity contribution in [2.75, 3.05) is 0 Å². The predicted molar refractivity (Wildman–Crippen MR) is 212 cm³/mol. The summed E-state index contributed by atoms with van der Waals surface area (Å²) in [5.41, 5.74) is 3.81. The zero-order valence-electron chi connectivity index (χ0n) is 30.7. The minimum atomic E-state index is -0.337. The summed E-state index contributed by atoms with van der Waals surface area (Å²) in [6, 6.07) is 25.2. The smallest absolute Gasteiger partial charge is 0.164 e. The summed E-state index contributed by atoms with van der Waals surface area (Å²) in [6.45, 7) is 18.9. The first kappa shape index (κ1) is 39.6. The summed E-state index contributed by atoms with van der Waals surface area (Å²) in [5, 5.41) is 17.0. The molecule has 0 saturated heterocycles. The van der Waals surface area contributed by atoms with Crippen LogP contribution in [0.3, 0.4) is 0 Å². The van der Waals surface area contributed by atoms with Crippen molar-refractivity contribution in [3.63, 3.8) is 0 Å². The second-order valence-corrected chi connectivity index (χ2v) is 16.5. The number of carbonyl (C=O) groups excluding carboxylic acids is 1. The van der Waals surface area contributed by atoms with Crippen molar-refractivity contribution >= 4 is 59.5 Å². The topological polar surface area (TPSA) is 63.1 Å². The number of fused-ring (bicyclic) bond motifs is 3. The van der Waals surface area contributed by atoms with Gasteiger partial charge in [-0.05, 0) is 72.2 Å². The summed E-state index contributed by atoms with van der Waals surface area (Å²) in [4.78, 5) is 24.1. The molecule has 6 aromatic rings. The normalized spacial score (nSPS) is 12.5. The average Bonchev–Trinajstić information content (AvgIpc) is 3.77. The second-order valence-electron chi connectivity index (χ2n) is 14.5. The first-order valence-corrected chi connectivity index (χ1v) is 19.1. The van der Waals surface area contributed by atoms with E-state index >= 15 is 0 Å². The summed E-state index contributed by atoms with van der Waals surface area (Å²) < 4.78 is 1.18. The van der Waals surface area contributed by atoms with Gasteiger partial charge in [-0.1, -0.05) is 91.5 Å². The number of aliphatic hydroxyl groups excluding tert-OH is 1. The van der Waals surface area contributed by atoms with Crippen LogP contribution in [0.5, 0.6) is 0 Å². The van der Waals surface area contributed by atoms with Gasteiger partial charge < -0.3 is 5.11 Å². The number of ketones is 1. The van der Waals surface area contributed by atoms with Gasteiger partial charge >= 0.3 is 0 Å². The summed E-state index contributed by atoms with van der Waals surface area (Å²) in [7, 11) is 0. The molecule has 0 amide bonds. The Kier molecular flexibility index (Phi) is 12.6. The Morgan fingerprint density at radius 3 is 2.20 bits per heavy atom. The molecule has 4 nitrogen and oxygen atoms in total. The van der Waals surface area contributed by atoms with Crippen LogP contribution in [0.1, 0.15) is 93.6 Å². The van der Waals surface area contributed by atoms with Crippen molar-refractivity contribution in [1.29, 1.82) is 0 Å². The fraction of sp³-hybridized carbons (Fsp3) is 0.372. The van der Waals surface area contributed by atoms with E-state index in [-0.39, 0.29) is 47.9 Å². The average molecular weight is 882 g/mol. The monoisotopic (exact) mass is 882 g/mol. The first-order chi connectivity index (χ1) is 23.3. The molecule has 0 saturated carbocycles. The molecule has 7 heteroatoms. The fourth-order valence-corrected chi connectivity index (χ4v) is 7.82. The number of nitrogens with zero attached hydrogens (tertiary/aromatic N) is 2. The van der Waals surface area contributed by atoms with Crippen molar-refractivity contribution in [1.82, 2.24) is 9.97 Å². The van der Waals surface area contributed by atoms with Crippen LogP contribution >= 0.6 is 22.7 Å². The molecule has 4 heterocycles. The van der Waals surface area contributed by atoms with Gasteiger partial charge in [0.05, 0.1) is 10.6 Å². The molecule has 265 valence electrons. The summed E-state index contributed by atoms with van der Waals surface area (Å²) in [6.07, 6.45) is 6.66. The maximum Gasteiger partial charge on any atom is 0.164 e. The number of pyridine rings is 2. The molecule has 0 bridgehead atoms. The Bertz CT molecular complexity index is 2130. The van der Waals surface area contributed by atoms with Crippen molar-refractivity contribution in [2.45, 2.75) is 93.4 Å². The van der Waals surface area contributed by atoms with Gasteiger partial charge in [0, 0.05) is 59.0 Å². The van der Waals surface area contributed by atoms with E-state index < -0.39 is 0 Å². The van der Waals surface area contributed by atoms with Gasteiger partial charge in [0.25, 0.3) is 0 Å². The third kappa shape index (κ3) is 8.12. The zero-order chi connectivity index (χ0) is 35.6. The van der Waals surface area contributed by atoms with Crippen molar-refractivity contribution in [3.8, 4) is 21.8 Å². The number of hydrogen-bond donors (Lipinski definition) is 1. The molecule has 0 aliphatic rings. The van der Waals surface area contributed by atoms with Crippen LogP contribution in [-0.4, -0.2) is 20.9 Å². The quantitative estimate of drug-likeness (QED) is 0.0893. The molecule has 50 heavy (non-hydrogen) atoms. The van der Waals surface area contributed by atoms with Crippen LogP contribution in [0.25, 0.3) is 52.9 Å². The summed E-state index contributed by atoms with van der Waals surface area (Å²) >= 11 is 3.45. The van der Waals surface area contributed by atoms with Gasteiger partial charge in [-0.15, -0.1) is 51.8 Å². The molecular formula is C43H49IrN2O2S2-. The number of thiophene rings is 2. The van der Waals surface area contributed by atoms with E-state index in [1.165, 1.54) is 37.4 Å². The Balaban J connectivity index is 0.000000269. The molecule has 0 fully saturated rings. The first-order valence-electron chi connectivity index (χ1n) is 17.4. The maximum absolute atomic E-state index is 12.2. The van der Waals surface area contributed by atoms with Crippen LogP contribution < -0.4 is 0 Å². The van der Waals surface area contributed by atoms with Gasteiger partial charge in [0.1, 0.15) is 10.6 Å². The molecule has 0 spiro atoms. The third-order valence-electron chi connectivity index (χ3n) is 10.4. The van der Waals surface area contributed by atoms with Crippen molar-refractivity contribution in [2.24, 2.45) is 10.8 Å².